The van der Waals surface area contributed by atoms with Crippen molar-refractivity contribution in [3.05, 3.63) is 64.7 Å². The molecule has 0 spiro atoms. The molecule has 0 aliphatic heterocycles. The number of benzene rings is 2. The summed E-state index contributed by atoms with van der Waals surface area (Å²) in [7, 11) is 1.32. The molecule has 0 aromatic heterocycles. The second kappa shape index (κ2) is 10.2. The molecule has 0 saturated carbocycles. The number of methoxy groups -OCH3 is 1. The van der Waals surface area contributed by atoms with E-state index < -0.39 is 5.97 Å². The lowest BCUT2D eigenvalue weighted by atomic mass is 10.1. The van der Waals surface area contributed by atoms with E-state index in [2.05, 4.69) is 6.92 Å². The first-order valence-electron chi connectivity index (χ1n) is 8.84. The SMILES string of the molecule is CCOc1cccc(C=O)c1OCC(=Cc1ccc(CC)cc1)C(=O)OC. The molecule has 142 valence electrons. The number of hydrogen-bond acceptors (Lipinski definition) is 5. The number of carbonyl (C=O) groups is 2. The van der Waals surface area contributed by atoms with Crippen molar-refractivity contribution in [3.63, 3.8) is 0 Å². The van der Waals surface area contributed by atoms with Crippen LogP contribution >= 0.6 is 0 Å². The lowest BCUT2D eigenvalue weighted by molar-refractivity contribution is -0.136. The summed E-state index contributed by atoms with van der Waals surface area (Å²) in [6, 6.07) is 13.0. The maximum Gasteiger partial charge on any atom is 0.337 e. The topological polar surface area (TPSA) is 61.8 Å². The lowest BCUT2D eigenvalue weighted by Crippen LogP contribution is -2.14. The zero-order valence-corrected chi connectivity index (χ0v) is 15.9. The molecule has 0 atom stereocenters. The van der Waals surface area contributed by atoms with Crippen molar-refractivity contribution in [2.75, 3.05) is 20.3 Å². The van der Waals surface area contributed by atoms with Crippen LogP contribution in [0.5, 0.6) is 11.5 Å². The van der Waals surface area contributed by atoms with Gasteiger partial charge in [0.2, 0.25) is 0 Å². The highest BCUT2D eigenvalue weighted by molar-refractivity contribution is 5.94. The average molecular weight is 368 g/mol. The molecule has 0 unspecified atom stereocenters. The zero-order valence-electron chi connectivity index (χ0n) is 15.9. The highest BCUT2D eigenvalue weighted by atomic mass is 16.5. The van der Waals surface area contributed by atoms with Gasteiger partial charge in [-0.3, -0.25) is 4.79 Å². The highest BCUT2D eigenvalue weighted by Gasteiger charge is 2.15. The third-order valence-corrected chi connectivity index (χ3v) is 3.98. The first kappa shape index (κ1) is 20.2. The molecule has 2 aromatic carbocycles. The number of rotatable bonds is 9. The van der Waals surface area contributed by atoms with Gasteiger partial charge in [-0.25, -0.2) is 4.79 Å². The minimum absolute atomic E-state index is 0.0485. The number of aldehydes is 1. The molecule has 0 aliphatic carbocycles. The molecule has 2 aromatic rings. The van der Waals surface area contributed by atoms with Crippen molar-refractivity contribution in [2.24, 2.45) is 0 Å². The van der Waals surface area contributed by atoms with Gasteiger partial charge < -0.3 is 14.2 Å². The van der Waals surface area contributed by atoms with Crippen LogP contribution in [0.2, 0.25) is 0 Å². The predicted octanol–water partition coefficient (Wildman–Crippen LogP) is 4.10. The molecule has 2 rings (SSSR count). The first-order valence-corrected chi connectivity index (χ1v) is 8.84. The third-order valence-electron chi connectivity index (χ3n) is 3.98. The molecule has 0 amide bonds. The number of hydrogen-bond donors (Lipinski definition) is 0. The van der Waals surface area contributed by atoms with Gasteiger partial charge >= 0.3 is 5.97 Å². The second-order valence-corrected chi connectivity index (χ2v) is 5.77. The summed E-state index contributed by atoms with van der Waals surface area (Å²) in [5.41, 5.74) is 2.77. The van der Waals surface area contributed by atoms with Crippen LogP contribution in [0.15, 0.2) is 48.0 Å². The average Bonchev–Trinajstić information content (AvgIpc) is 2.71. The van der Waals surface area contributed by atoms with Gasteiger partial charge in [-0.2, -0.15) is 0 Å². The van der Waals surface area contributed by atoms with Crippen LogP contribution in [-0.4, -0.2) is 32.6 Å². The van der Waals surface area contributed by atoms with Crippen LogP contribution in [0.4, 0.5) is 0 Å². The second-order valence-electron chi connectivity index (χ2n) is 5.77. The Labute approximate surface area is 159 Å². The molecule has 5 nitrogen and oxygen atoms in total. The summed E-state index contributed by atoms with van der Waals surface area (Å²) in [5, 5.41) is 0. The Morgan fingerprint density at radius 3 is 2.37 bits per heavy atom. The van der Waals surface area contributed by atoms with Crippen LogP contribution in [0.25, 0.3) is 6.08 Å². The molecule has 0 bridgehead atoms. The van der Waals surface area contributed by atoms with Gasteiger partial charge in [0, 0.05) is 0 Å². The van der Waals surface area contributed by atoms with Crippen LogP contribution in [-0.2, 0) is 16.0 Å². The van der Waals surface area contributed by atoms with E-state index in [1.54, 1.807) is 24.3 Å². The molecular formula is C22H24O5. The van der Waals surface area contributed by atoms with E-state index in [0.717, 1.165) is 12.0 Å². The zero-order chi connectivity index (χ0) is 19.6. The Balaban J connectivity index is 2.28. The molecule has 27 heavy (non-hydrogen) atoms. The Morgan fingerprint density at radius 2 is 1.78 bits per heavy atom. The monoisotopic (exact) mass is 368 g/mol. The molecule has 0 radical (unpaired) electrons. The standard InChI is InChI=1S/C22H24O5/c1-4-16-9-11-17(12-10-16)13-19(22(24)25-3)15-27-21-18(14-23)7-6-8-20(21)26-5-2/h6-14H,4-5,15H2,1-3H3. The smallest absolute Gasteiger partial charge is 0.337 e. The van der Waals surface area contributed by atoms with Gasteiger partial charge in [-0.15, -0.1) is 0 Å². The van der Waals surface area contributed by atoms with Crippen molar-refractivity contribution in [3.8, 4) is 11.5 Å². The summed E-state index contributed by atoms with van der Waals surface area (Å²) < 4.78 is 16.2. The fourth-order valence-corrected chi connectivity index (χ4v) is 2.54. The van der Waals surface area contributed by atoms with Crippen LogP contribution < -0.4 is 9.47 Å². The number of ether oxygens (including phenoxy) is 3. The largest absolute Gasteiger partial charge is 0.490 e. The molecule has 0 saturated heterocycles. The van der Waals surface area contributed by atoms with Crippen LogP contribution in [0, 0.1) is 0 Å². The highest BCUT2D eigenvalue weighted by Crippen LogP contribution is 2.31. The van der Waals surface area contributed by atoms with Crippen molar-refractivity contribution < 1.29 is 23.8 Å². The van der Waals surface area contributed by atoms with Crippen molar-refractivity contribution in [1.82, 2.24) is 0 Å². The quantitative estimate of drug-likeness (QED) is 0.379. The van der Waals surface area contributed by atoms with E-state index in [1.807, 2.05) is 31.2 Å². The molecule has 5 heteroatoms. The maximum atomic E-state index is 12.2. The van der Waals surface area contributed by atoms with E-state index in [0.29, 0.717) is 35.5 Å². The fourth-order valence-electron chi connectivity index (χ4n) is 2.54. The number of para-hydroxylation sites is 1. The molecular weight excluding hydrogens is 344 g/mol. The summed E-state index contributed by atoms with van der Waals surface area (Å²) >= 11 is 0. The number of aryl methyl sites for hydroxylation is 1. The van der Waals surface area contributed by atoms with Gasteiger partial charge in [0.05, 0.1) is 24.9 Å². The number of esters is 1. The van der Waals surface area contributed by atoms with Crippen molar-refractivity contribution in [2.45, 2.75) is 20.3 Å². The minimum atomic E-state index is -0.490. The van der Waals surface area contributed by atoms with E-state index in [9.17, 15) is 9.59 Å². The van der Waals surface area contributed by atoms with Crippen molar-refractivity contribution >= 4 is 18.3 Å². The summed E-state index contributed by atoms with van der Waals surface area (Å²) in [6.07, 6.45) is 3.36. The Kier molecular flexibility index (Phi) is 7.62. The molecule has 0 aliphatic rings. The normalized spacial score (nSPS) is 11.0. The van der Waals surface area contributed by atoms with Crippen LogP contribution in [0.3, 0.4) is 0 Å². The number of carbonyl (C=O) groups excluding carboxylic acids is 2. The van der Waals surface area contributed by atoms with Gasteiger partial charge in [0.15, 0.2) is 17.8 Å². The van der Waals surface area contributed by atoms with E-state index in [1.165, 1.54) is 12.7 Å². The van der Waals surface area contributed by atoms with Crippen LogP contribution in [0.1, 0.15) is 35.3 Å². The Hall–Kier alpha value is -3.08. The summed E-state index contributed by atoms with van der Waals surface area (Å²) in [5.74, 6) is 0.278. The first-order chi connectivity index (χ1) is 13.1. The fraction of sp³-hybridized carbons (Fsp3) is 0.273. The predicted molar refractivity (Wildman–Crippen MR) is 104 cm³/mol. The van der Waals surface area contributed by atoms with Gasteiger partial charge in [-0.1, -0.05) is 37.3 Å². The van der Waals surface area contributed by atoms with E-state index >= 15 is 0 Å². The van der Waals surface area contributed by atoms with Gasteiger partial charge in [0.25, 0.3) is 0 Å². The lowest BCUT2D eigenvalue weighted by Gasteiger charge is -2.14. The third kappa shape index (κ3) is 5.45. The summed E-state index contributed by atoms with van der Waals surface area (Å²) in [4.78, 5) is 23.5. The van der Waals surface area contributed by atoms with Gasteiger partial charge in [0.1, 0.15) is 6.61 Å². The summed E-state index contributed by atoms with van der Waals surface area (Å²) in [6.45, 7) is 4.31. The molecule has 0 heterocycles. The van der Waals surface area contributed by atoms with Crippen molar-refractivity contribution in [1.29, 1.82) is 0 Å². The van der Waals surface area contributed by atoms with E-state index in [-0.39, 0.29) is 6.61 Å². The Morgan fingerprint density at radius 1 is 1.04 bits per heavy atom. The minimum Gasteiger partial charge on any atom is -0.490 e. The Bertz CT molecular complexity index is 806. The van der Waals surface area contributed by atoms with E-state index in [4.69, 9.17) is 14.2 Å². The molecule has 0 fully saturated rings. The maximum absolute atomic E-state index is 12.2. The molecule has 0 N–H and O–H groups in total. The van der Waals surface area contributed by atoms with Gasteiger partial charge in [-0.05, 0) is 42.7 Å².